The molecular weight excluding hydrogens is 280 g/mol. The van der Waals surface area contributed by atoms with E-state index in [1.165, 1.54) is 96.3 Å². The summed E-state index contributed by atoms with van der Waals surface area (Å²) in [7, 11) is 0. The van der Waals surface area contributed by atoms with Crippen LogP contribution in [-0.4, -0.2) is 19.1 Å². The van der Waals surface area contributed by atoms with Gasteiger partial charge in [-0.25, -0.2) is 0 Å². The van der Waals surface area contributed by atoms with E-state index in [0.29, 0.717) is 0 Å². The van der Waals surface area contributed by atoms with Gasteiger partial charge in [-0.15, -0.1) is 0 Å². The summed E-state index contributed by atoms with van der Waals surface area (Å²) < 4.78 is 0. The van der Waals surface area contributed by atoms with Crippen LogP contribution in [0.4, 0.5) is 0 Å². The van der Waals surface area contributed by atoms with Crippen LogP contribution in [0.25, 0.3) is 0 Å². The Morgan fingerprint density at radius 2 is 1.04 bits per heavy atom. The normalized spacial score (nSPS) is 12.7. The molecule has 23 heavy (non-hydrogen) atoms. The Morgan fingerprint density at radius 1 is 0.609 bits per heavy atom. The van der Waals surface area contributed by atoms with Gasteiger partial charge in [0.15, 0.2) is 0 Å². The molecule has 1 unspecified atom stereocenters. The highest BCUT2D eigenvalue weighted by Crippen LogP contribution is 2.14. The molecule has 0 aromatic rings. The van der Waals surface area contributed by atoms with Gasteiger partial charge in [-0.1, -0.05) is 97.3 Å². The number of nitrogens with one attached hydrogen (secondary N) is 1. The van der Waals surface area contributed by atoms with Crippen LogP contribution in [0.15, 0.2) is 0 Å². The lowest BCUT2D eigenvalue weighted by atomic mass is 10.00. The zero-order chi connectivity index (χ0) is 17.0. The van der Waals surface area contributed by atoms with Gasteiger partial charge >= 0.3 is 0 Å². The van der Waals surface area contributed by atoms with E-state index in [0.717, 1.165) is 25.6 Å². The van der Waals surface area contributed by atoms with Gasteiger partial charge in [0, 0.05) is 6.04 Å². The second-order valence-corrected chi connectivity index (χ2v) is 7.26. The van der Waals surface area contributed by atoms with Crippen molar-refractivity contribution in [2.45, 2.75) is 123 Å². The number of hydrogen-bond donors (Lipinski definition) is 2. The lowest BCUT2D eigenvalue weighted by molar-refractivity contribution is 0.411. The SMILES string of the molecule is CCCCCCCCCCCC(CCCCCC)NCCCN. The van der Waals surface area contributed by atoms with Crippen LogP contribution in [0.1, 0.15) is 117 Å². The molecule has 0 saturated heterocycles. The van der Waals surface area contributed by atoms with Crippen molar-refractivity contribution in [2.75, 3.05) is 13.1 Å². The van der Waals surface area contributed by atoms with E-state index in [2.05, 4.69) is 19.2 Å². The maximum atomic E-state index is 5.61. The van der Waals surface area contributed by atoms with E-state index in [1.54, 1.807) is 0 Å². The summed E-state index contributed by atoms with van der Waals surface area (Å²) in [5.41, 5.74) is 5.61. The molecule has 0 aliphatic rings. The fourth-order valence-corrected chi connectivity index (χ4v) is 3.28. The molecule has 0 aromatic carbocycles. The van der Waals surface area contributed by atoms with E-state index < -0.39 is 0 Å². The molecule has 2 heteroatoms. The predicted molar refractivity (Wildman–Crippen MR) is 106 cm³/mol. The van der Waals surface area contributed by atoms with E-state index in [-0.39, 0.29) is 0 Å². The smallest absolute Gasteiger partial charge is 0.00670 e. The third kappa shape index (κ3) is 18.1. The average molecular weight is 327 g/mol. The summed E-state index contributed by atoms with van der Waals surface area (Å²) in [6.45, 7) is 6.50. The highest BCUT2D eigenvalue weighted by atomic mass is 14.9. The predicted octanol–water partition coefficient (Wildman–Crippen LogP) is 6.18. The van der Waals surface area contributed by atoms with Crippen LogP contribution < -0.4 is 11.1 Å². The molecule has 0 fully saturated rings. The van der Waals surface area contributed by atoms with E-state index in [4.69, 9.17) is 5.73 Å². The minimum Gasteiger partial charge on any atom is -0.330 e. The van der Waals surface area contributed by atoms with Crippen molar-refractivity contribution in [1.82, 2.24) is 5.32 Å². The molecule has 2 nitrogen and oxygen atoms in total. The van der Waals surface area contributed by atoms with Gasteiger partial charge in [-0.3, -0.25) is 0 Å². The standard InChI is InChI=1S/C21H46N2/c1-3-5-7-9-10-11-12-13-15-18-21(23-20-16-19-22)17-14-8-6-4-2/h21,23H,3-20,22H2,1-2H3. The summed E-state index contributed by atoms with van der Waals surface area (Å²) in [6, 6.07) is 0.739. The Kier molecular flexibility index (Phi) is 19.9. The summed E-state index contributed by atoms with van der Waals surface area (Å²) in [4.78, 5) is 0. The highest BCUT2D eigenvalue weighted by Gasteiger charge is 2.07. The minimum absolute atomic E-state index is 0.739. The molecule has 0 saturated carbocycles. The number of rotatable bonds is 19. The molecule has 1 atom stereocenters. The average Bonchev–Trinajstić information content (AvgIpc) is 2.56. The Bertz CT molecular complexity index is 206. The van der Waals surface area contributed by atoms with Crippen molar-refractivity contribution in [1.29, 1.82) is 0 Å². The van der Waals surface area contributed by atoms with E-state index in [9.17, 15) is 0 Å². The molecule has 140 valence electrons. The molecule has 0 rings (SSSR count). The number of hydrogen-bond acceptors (Lipinski definition) is 2. The van der Waals surface area contributed by atoms with Gasteiger partial charge in [0.2, 0.25) is 0 Å². The molecule has 0 aliphatic heterocycles. The first-order valence-corrected chi connectivity index (χ1v) is 10.8. The molecular formula is C21H46N2. The molecule has 3 N–H and O–H groups in total. The fourth-order valence-electron chi connectivity index (χ4n) is 3.28. The maximum Gasteiger partial charge on any atom is 0.00670 e. The second kappa shape index (κ2) is 20.0. The van der Waals surface area contributed by atoms with Crippen molar-refractivity contribution >= 4 is 0 Å². The zero-order valence-electron chi connectivity index (χ0n) is 16.4. The van der Waals surface area contributed by atoms with Crippen LogP contribution in [0.5, 0.6) is 0 Å². The van der Waals surface area contributed by atoms with Crippen LogP contribution in [-0.2, 0) is 0 Å². The first-order valence-electron chi connectivity index (χ1n) is 10.8. The lowest BCUT2D eigenvalue weighted by Crippen LogP contribution is -2.31. The van der Waals surface area contributed by atoms with Crippen molar-refractivity contribution < 1.29 is 0 Å². The Labute approximate surface area is 147 Å². The summed E-state index contributed by atoms with van der Waals surface area (Å²) in [5, 5.41) is 3.74. The topological polar surface area (TPSA) is 38.0 Å². The number of unbranched alkanes of at least 4 members (excludes halogenated alkanes) is 11. The summed E-state index contributed by atoms with van der Waals surface area (Å²) >= 11 is 0. The summed E-state index contributed by atoms with van der Waals surface area (Å²) in [6.07, 6.45) is 22.2. The zero-order valence-corrected chi connectivity index (χ0v) is 16.4. The molecule has 0 radical (unpaired) electrons. The van der Waals surface area contributed by atoms with Crippen molar-refractivity contribution in [2.24, 2.45) is 5.73 Å². The van der Waals surface area contributed by atoms with E-state index >= 15 is 0 Å². The quantitative estimate of drug-likeness (QED) is 0.278. The third-order valence-corrected chi connectivity index (χ3v) is 4.88. The highest BCUT2D eigenvalue weighted by molar-refractivity contribution is 4.67. The van der Waals surface area contributed by atoms with Crippen molar-refractivity contribution in [3.05, 3.63) is 0 Å². The van der Waals surface area contributed by atoms with Gasteiger partial charge in [-0.05, 0) is 32.4 Å². The monoisotopic (exact) mass is 326 g/mol. The van der Waals surface area contributed by atoms with Gasteiger partial charge in [0.05, 0.1) is 0 Å². The minimum atomic E-state index is 0.739. The molecule has 0 amide bonds. The first-order chi connectivity index (χ1) is 11.3. The molecule has 0 spiro atoms. The lowest BCUT2D eigenvalue weighted by Gasteiger charge is -2.18. The van der Waals surface area contributed by atoms with Crippen LogP contribution >= 0.6 is 0 Å². The third-order valence-electron chi connectivity index (χ3n) is 4.88. The molecule has 0 aromatic heterocycles. The Balaban J connectivity index is 3.56. The van der Waals surface area contributed by atoms with Gasteiger partial charge < -0.3 is 11.1 Å². The Hall–Kier alpha value is -0.0800. The van der Waals surface area contributed by atoms with Crippen LogP contribution in [0.3, 0.4) is 0 Å². The fraction of sp³-hybridized carbons (Fsp3) is 1.00. The second-order valence-electron chi connectivity index (χ2n) is 7.26. The van der Waals surface area contributed by atoms with Crippen LogP contribution in [0, 0.1) is 0 Å². The summed E-state index contributed by atoms with van der Waals surface area (Å²) in [5.74, 6) is 0. The van der Waals surface area contributed by atoms with Crippen LogP contribution in [0.2, 0.25) is 0 Å². The first kappa shape index (κ1) is 22.9. The largest absolute Gasteiger partial charge is 0.330 e. The van der Waals surface area contributed by atoms with Crippen molar-refractivity contribution in [3.63, 3.8) is 0 Å². The van der Waals surface area contributed by atoms with Gasteiger partial charge in [-0.2, -0.15) is 0 Å². The maximum absolute atomic E-state index is 5.61. The van der Waals surface area contributed by atoms with Gasteiger partial charge in [0.25, 0.3) is 0 Å². The van der Waals surface area contributed by atoms with Gasteiger partial charge in [0.1, 0.15) is 0 Å². The molecule has 0 heterocycles. The Morgan fingerprint density at radius 3 is 1.52 bits per heavy atom. The molecule has 0 bridgehead atoms. The van der Waals surface area contributed by atoms with Crippen molar-refractivity contribution in [3.8, 4) is 0 Å². The van der Waals surface area contributed by atoms with E-state index in [1.807, 2.05) is 0 Å². The molecule has 0 aliphatic carbocycles. The number of nitrogens with two attached hydrogens (primary N) is 1.